The van der Waals surface area contributed by atoms with Crippen LogP contribution in [-0.4, -0.2) is 14.8 Å². The van der Waals surface area contributed by atoms with Gasteiger partial charge in [-0.05, 0) is 6.08 Å². The van der Waals surface area contributed by atoms with Gasteiger partial charge in [0.2, 0.25) is 0 Å². The molecule has 0 radical (unpaired) electrons. The summed E-state index contributed by atoms with van der Waals surface area (Å²) in [5, 5.41) is 4.14. The van der Waals surface area contributed by atoms with Gasteiger partial charge in [-0.3, -0.25) is 0 Å². The molecule has 18 heavy (non-hydrogen) atoms. The summed E-state index contributed by atoms with van der Waals surface area (Å²) in [4.78, 5) is 3.95. The first kappa shape index (κ1) is 10.6. The zero-order chi connectivity index (χ0) is 12.4. The van der Waals surface area contributed by atoms with Crippen molar-refractivity contribution in [2.45, 2.75) is 6.42 Å². The van der Waals surface area contributed by atoms with Gasteiger partial charge in [0.1, 0.15) is 12.7 Å². The molecular formula is C13H12N4O. The highest BCUT2D eigenvalue weighted by Crippen LogP contribution is 2.30. The zero-order valence-electron chi connectivity index (χ0n) is 9.65. The Kier molecular flexibility index (Phi) is 2.57. The SMILES string of the molecule is NC1=CCC(n2cncn2)=C(c2ccccc2)O1. The molecule has 0 aliphatic carbocycles. The molecule has 0 bridgehead atoms. The zero-order valence-corrected chi connectivity index (χ0v) is 9.65. The molecule has 3 rings (SSSR count). The Morgan fingerprint density at radius 3 is 2.78 bits per heavy atom. The minimum absolute atomic E-state index is 0.415. The quantitative estimate of drug-likeness (QED) is 0.869. The minimum atomic E-state index is 0.415. The summed E-state index contributed by atoms with van der Waals surface area (Å²) in [6.45, 7) is 0. The Labute approximate surface area is 104 Å². The van der Waals surface area contributed by atoms with Gasteiger partial charge in [-0.25, -0.2) is 9.67 Å². The average molecular weight is 240 g/mol. The second-order valence-electron chi connectivity index (χ2n) is 3.89. The molecule has 1 aliphatic rings. The molecule has 0 atom stereocenters. The van der Waals surface area contributed by atoms with Crippen LogP contribution in [0.15, 0.2) is 54.9 Å². The summed E-state index contributed by atoms with van der Waals surface area (Å²) >= 11 is 0. The van der Waals surface area contributed by atoms with Crippen molar-refractivity contribution in [3.8, 4) is 0 Å². The van der Waals surface area contributed by atoms with Gasteiger partial charge in [-0.1, -0.05) is 30.3 Å². The lowest BCUT2D eigenvalue weighted by atomic mass is 10.1. The van der Waals surface area contributed by atoms with Crippen molar-refractivity contribution in [3.63, 3.8) is 0 Å². The molecule has 2 aromatic rings. The number of hydrogen-bond donors (Lipinski definition) is 1. The Hall–Kier alpha value is -2.56. The molecule has 0 fully saturated rings. The topological polar surface area (TPSA) is 66.0 Å². The third-order valence-corrected chi connectivity index (χ3v) is 2.71. The van der Waals surface area contributed by atoms with Gasteiger partial charge in [0.05, 0.1) is 5.70 Å². The maximum Gasteiger partial charge on any atom is 0.187 e. The summed E-state index contributed by atoms with van der Waals surface area (Å²) in [7, 11) is 0. The van der Waals surface area contributed by atoms with Gasteiger partial charge >= 0.3 is 0 Å². The van der Waals surface area contributed by atoms with Crippen LogP contribution in [0, 0.1) is 0 Å². The van der Waals surface area contributed by atoms with E-state index in [1.165, 1.54) is 6.33 Å². The Bertz CT molecular complexity index is 599. The second kappa shape index (κ2) is 4.37. The molecule has 0 spiro atoms. The van der Waals surface area contributed by atoms with E-state index in [1.54, 1.807) is 11.0 Å². The second-order valence-corrected chi connectivity index (χ2v) is 3.89. The lowest BCUT2D eigenvalue weighted by Crippen LogP contribution is -2.12. The van der Waals surface area contributed by atoms with E-state index >= 15 is 0 Å². The van der Waals surface area contributed by atoms with E-state index in [1.807, 2.05) is 36.4 Å². The molecule has 0 unspecified atom stereocenters. The Morgan fingerprint density at radius 1 is 1.22 bits per heavy atom. The van der Waals surface area contributed by atoms with Gasteiger partial charge < -0.3 is 10.5 Å². The van der Waals surface area contributed by atoms with Gasteiger partial charge in [0, 0.05) is 12.0 Å². The molecule has 0 saturated heterocycles. The molecule has 5 heteroatoms. The van der Waals surface area contributed by atoms with E-state index in [0.717, 1.165) is 17.0 Å². The van der Waals surface area contributed by atoms with E-state index < -0.39 is 0 Å². The highest BCUT2D eigenvalue weighted by molar-refractivity contribution is 5.80. The summed E-state index contributed by atoms with van der Waals surface area (Å²) in [6, 6.07) is 9.83. The predicted molar refractivity (Wildman–Crippen MR) is 67.5 cm³/mol. The van der Waals surface area contributed by atoms with Crippen molar-refractivity contribution >= 4 is 11.5 Å². The summed E-state index contributed by atoms with van der Waals surface area (Å²) < 4.78 is 7.34. The average Bonchev–Trinajstić information content (AvgIpc) is 2.93. The molecule has 1 aliphatic heterocycles. The standard InChI is InChI=1S/C13H12N4O/c14-12-7-6-11(17-9-15-8-16-17)13(18-12)10-4-2-1-3-5-10/h1-5,7-9H,6,14H2. The molecule has 2 N–H and O–H groups in total. The number of nitrogens with two attached hydrogens (primary N) is 1. The van der Waals surface area contributed by atoms with Gasteiger partial charge in [0.25, 0.3) is 0 Å². The van der Waals surface area contributed by atoms with E-state index in [2.05, 4.69) is 10.1 Å². The van der Waals surface area contributed by atoms with Crippen LogP contribution in [0.2, 0.25) is 0 Å². The molecular weight excluding hydrogens is 228 g/mol. The first-order valence-corrected chi connectivity index (χ1v) is 5.61. The van der Waals surface area contributed by atoms with Crippen LogP contribution < -0.4 is 5.73 Å². The van der Waals surface area contributed by atoms with Crippen molar-refractivity contribution in [3.05, 3.63) is 60.5 Å². The molecule has 1 aromatic carbocycles. The highest BCUT2D eigenvalue weighted by Gasteiger charge is 2.18. The van der Waals surface area contributed by atoms with E-state index in [4.69, 9.17) is 10.5 Å². The summed E-state index contributed by atoms with van der Waals surface area (Å²) in [5.74, 6) is 1.14. The van der Waals surface area contributed by atoms with Crippen LogP contribution in [0.4, 0.5) is 0 Å². The van der Waals surface area contributed by atoms with Crippen molar-refractivity contribution in [2.24, 2.45) is 5.73 Å². The van der Waals surface area contributed by atoms with E-state index in [-0.39, 0.29) is 0 Å². The van der Waals surface area contributed by atoms with Crippen molar-refractivity contribution in [1.29, 1.82) is 0 Å². The van der Waals surface area contributed by atoms with Crippen molar-refractivity contribution in [2.75, 3.05) is 0 Å². The van der Waals surface area contributed by atoms with Crippen molar-refractivity contribution < 1.29 is 4.74 Å². The molecule has 90 valence electrons. The number of nitrogens with zero attached hydrogens (tertiary/aromatic N) is 3. The van der Waals surface area contributed by atoms with Crippen LogP contribution in [0.25, 0.3) is 11.5 Å². The minimum Gasteiger partial charge on any atom is -0.439 e. The molecule has 0 amide bonds. The van der Waals surface area contributed by atoms with Crippen molar-refractivity contribution in [1.82, 2.24) is 14.8 Å². The fraction of sp³-hybridized carbons (Fsp3) is 0.0769. The largest absolute Gasteiger partial charge is 0.439 e. The maximum atomic E-state index is 5.74. The third-order valence-electron chi connectivity index (χ3n) is 2.71. The number of ether oxygens (including phenoxy) is 1. The molecule has 1 aromatic heterocycles. The smallest absolute Gasteiger partial charge is 0.187 e. The molecule has 5 nitrogen and oxygen atoms in total. The van der Waals surface area contributed by atoms with Gasteiger partial charge in [-0.15, -0.1) is 0 Å². The predicted octanol–water partition coefficient (Wildman–Crippen LogP) is 1.82. The maximum absolute atomic E-state index is 5.74. The van der Waals surface area contributed by atoms with Crippen LogP contribution in [0.5, 0.6) is 0 Å². The number of rotatable bonds is 2. The monoisotopic (exact) mass is 240 g/mol. The van der Waals surface area contributed by atoms with Crippen LogP contribution in [-0.2, 0) is 4.74 Å². The fourth-order valence-corrected chi connectivity index (χ4v) is 1.87. The van der Waals surface area contributed by atoms with E-state index in [9.17, 15) is 0 Å². The Balaban J connectivity index is 2.10. The van der Waals surface area contributed by atoms with E-state index in [0.29, 0.717) is 12.3 Å². The fourth-order valence-electron chi connectivity index (χ4n) is 1.87. The lowest BCUT2D eigenvalue weighted by Gasteiger charge is -2.19. The van der Waals surface area contributed by atoms with Gasteiger partial charge in [0.15, 0.2) is 11.6 Å². The Morgan fingerprint density at radius 2 is 2.06 bits per heavy atom. The van der Waals surface area contributed by atoms with Crippen LogP contribution >= 0.6 is 0 Å². The van der Waals surface area contributed by atoms with Crippen LogP contribution in [0.3, 0.4) is 0 Å². The third kappa shape index (κ3) is 1.86. The number of hydrogen-bond acceptors (Lipinski definition) is 4. The molecule has 2 heterocycles. The summed E-state index contributed by atoms with van der Waals surface area (Å²) in [5.41, 5.74) is 7.63. The number of benzene rings is 1. The van der Waals surface area contributed by atoms with Crippen LogP contribution in [0.1, 0.15) is 12.0 Å². The number of allylic oxidation sites excluding steroid dienone is 2. The normalized spacial score (nSPS) is 15.2. The first-order valence-electron chi connectivity index (χ1n) is 5.61. The first-order chi connectivity index (χ1) is 8.84. The highest BCUT2D eigenvalue weighted by atomic mass is 16.5. The lowest BCUT2D eigenvalue weighted by molar-refractivity contribution is 0.368. The molecule has 0 saturated carbocycles. The van der Waals surface area contributed by atoms with Gasteiger partial charge in [-0.2, -0.15) is 5.10 Å². The number of aromatic nitrogens is 3. The summed E-state index contributed by atoms with van der Waals surface area (Å²) in [6.07, 6.45) is 5.64.